The van der Waals surface area contributed by atoms with Gasteiger partial charge in [0.25, 0.3) is 0 Å². The zero-order valence-corrected chi connectivity index (χ0v) is 11.1. The Morgan fingerprint density at radius 3 is 2.50 bits per heavy atom. The first-order valence-electron chi connectivity index (χ1n) is 6.00. The number of rotatable bonds is 8. The van der Waals surface area contributed by atoms with Crippen LogP contribution in [0.1, 0.15) is 39.5 Å². The fourth-order valence-electron chi connectivity index (χ4n) is 1.70. The van der Waals surface area contributed by atoms with Gasteiger partial charge in [0.2, 0.25) is 0 Å². The van der Waals surface area contributed by atoms with Gasteiger partial charge in [-0.05, 0) is 52.7 Å². The van der Waals surface area contributed by atoms with Gasteiger partial charge in [0.15, 0.2) is 0 Å². The summed E-state index contributed by atoms with van der Waals surface area (Å²) in [5.74, 6) is -0.325. The van der Waals surface area contributed by atoms with Gasteiger partial charge in [-0.25, -0.2) is 0 Å². The third-order valence-corrected chi connectivity index (χ3v) is 2.74. The van der Waals surface area contributed by atoms with Crippen molar-refractivity contribution in [2.45, 2.75) is 45.1 Å². The van der Waals surface area contributed by atoms with E-state index in [0.29, 0.717) is 6.42 Å². The van der Waals surface area contributed by atoms with Gasteiger partial charge in [-0.1, -0.05) is 6.92 Å². The summed E-state index contributed by atoms with van der Waals surface area (Å²) in [6, 6.07) is 0. The average molecular weight is 230 g/mol. The molecule has 0 spiro atoms. The van der Waals surface area contributed by atoms with Crippen molar-refractivity contribution in [2.75, 3.05) is 27.2 Å². The highest BCUT2D eigenvalue weighted by Crippen LogP contribution is 2.12. The molecule has 4 nitrogen and oxygen atoms in total. The molecular formula is C12H26N2O2. The SMILES string of the molecule is CCCN(C)CCCCC(C)(N)C(=O)OC. The van der Waals surface area contributed by atoms with E-state index in [1.165, 1.54) is 13.5 Å². The molecule has 0 radical (unpaired) electrons. The lowest BCUT2D eigenvalue weighted by molar-refractivity contribution is -0.146. The standard InChI is InChI=1S/C12H26N2O2/c1-5-9-14(3)10-7-6-8-12(2,13)11(15)16-4/h5-10,13H2,1-4H3. The highest BCUT2D eigenvalue weighted by atomic mass is 16.5. The maximum atomic E-state index is 11.3. The van der Waals surface area contributed by atoms with Crippen LogP contribution in [-0.4, -0.2) is 43.7 Å². The van der Waals surface area contributed by atoms with Gasteiger partial charge in [0.05, 0.1) is 7.11 Å². The molecule has 0 bridgehead atoms. The van der Waals surface area contributed by atoms with Gasteiger partial charge in [-0.3, -0.25) is 4.79 Å². The molecule has 96 valence electrons. The van der Waals surface area contributed by atoms with Gasteiger partial charge in [0, 0.05) is 0 Å². The van der Waals surface area contributed by atoms with Gasteiger partial charge in [-0.15, -0.1) is 0 Å². The summed E-state index contributed by atoms with van der Waals surface area (Å²) in [7, 11) is 3.49. The molecule has 1 unspecified atom stereocenters. The van der Waals surface area contributed by atoms with Crippen LogP contribution >= 0.6 is 0 Å². The van der Waals surface area contributed by atoms with E-state index in [1.807, 2.05) is 0 Å². The van der Waals surface area contributed by atoms with Crippen molar-refractivity contribution >= 4 is 5.97 Å². The molecule has 0 aromatic carbocycles. The first-order chi connectivity index (χ1) is 7.44. The van der Waals surface area contributed by atoms with E-state index < -0.39 is 5.54 Å². The number of carbonyl (C=O) groups excluding carboxylic acids is 1. The number of hydrogen-bond acceptors (Lipinski definition) is 4. The van der Waals surface area contributed by atoms with Crippen molar-refractivity contribution in [2.24, 2.45) is 5.73 Å². The Hall–Kier alpha value is -0.610. The van der Waals surface area contributed by atoms with Gasteiger partial charge in [-0.2, -0.15) is 0 Å². The normalized spacial score (nSPS) is 14.9. The second-order valence-corrected chi connectivity index (χ2v) is 4.67. The lowest BCUT2D eigenvalue weighted by Gasteiger charge is -2.22. The minimum Gasteiger partial charge on any atom is -0.468 e. The molecule has 0 aromatic rings. The molecule has 0 saturated carbocycles. The molecule has 0 aliphatic rings. The Morgan fingerprint density at radius 1 is 1.38 bits per heavy atom. The monoisotopic (exact) mass is 230 g/mol. The van der Waals surface area contributed by atoms with E-state index >= 15 is 0 Å². The van der Waals surface area contributed by atoms with Crippen LogP contribution in [0.2, 0.25) is 0 Å². The number of nitrogens with zero attached hydrogens (tertiary/aromatic N) is 1. The number of methoxy groups -OCH3 is 1. The molecule has 0 fully saturated rings. The molecule has 16 heavy (non-hydrogen) atoms. The minimum absolute atomic E-state index is 0.325. The fraction of sp³-hybridized carbons (Fsp3) is 0.917. The van der Waals surface area contributed by atoms with Crippen LogP contribution in [0, 0.1) is 0 Å². The van der Waals surface area contributed by atoms with Crippen molar-refractivity contribution in [3.8, 4) is 0 Å². The van der Waals surface area contributed by atoms with Gasteiger partial charge >= 0.3 is 5.97 Å². The first-order valence-corrected chi connectivity index (χ1v) is 6.00. The molecule has 0 saturated heterocycles. The largest absolute Gasteiger partial charge is 0.468 e. The zero-order valence-electron chi connectivity index (χ0n) is 11.1. The predicted octanol–water partition coefficient (Wildman–Crippen LogP) is 1.39. The second kappa shape index (κ2) is 7.63. The summed E-state index contributed by atoms with van der Waals surface area (Å²) in [6.07, 6.45) is 3.88. The highest BCUT2D eigenvalue weighted by molar-refractivity contribution is 5.79. The van der Waals surface area contributed by atoms with E-state index in [9.17, 15) is 4.79 Å². The predicted molar refractivity (Wildman–Crippen MR) is 66.2 cm³/mol. The second-order valence-electron chi connectivity index (χ2n) is 4.67. The van der Waals surface area contributed by atoms with Gasteiger partial charge in [0.1, 0.15) is 5.54 Å². The third kappa shape index (κ3) is 6.08. The lowest BCUT2D eigenvalue weighted by atomic mass is 9.96. The van der Waals surface area contributed by atoms with Crippen molar-refractivity contribution in [1.29, 1.82) is 0 Å². The van der Waals surface area contributed by atoms with Crippen LogP contribution in [0.15, 0.2) is 0 Å². The summed E-state index contributed by atoms with van der Waals surface area (Å²) in [5.41, 5.74) is 5.02. The van der Waals surface area contributed by atoms with Crippen LogP contribution in [0.4, 0.5) is 0 Å². The van der Waals surface area contributed by atoms with Crippen LogP contribution in [0.25, 0.3) is 0 Å². The van der Waals surface area contributed by atoms with Crippen LogP contribution < -0.4 is 5.73 Å². The maximum Gasteiger partial charge on any atom is 0.325 e. The number of nitrogens with two attached hydrogens (primary N) is 1. The molecule has 0 aliphatic heterocycles. The quantitative estimate of drug-likeness (QED) is 0.506. The van der Waals surface area contributed by atoms with Crippen molar-refractivity contribution in [3.05, 3.63) is 0 Å². The van der Waals surface area contributed by atoms with Crippen LogP contribution in [0.5, 0.6) is 0 Å². The van der Waals surface area contributed by atoms with E-state index in [-0.39, 0.29) is 5.97 Å². The topological polar surface area (TPSA) is 55.6 Å². The third-order valence-electron chi connectivity index (χ3n) is 2.74. The van der Waals surface area contributed by atoms with Crippen LogP contribution in [0.3, 0.4) is 0 Å². The summed E-state index contributed by atoms with van der Waals surface area (Å²) in [5, 5.41) is 0. The van der Waals surface area contributed by atoms with E-state index in [1.54, 1.807) is 6.92 Å². The van der Waals surface area contributed by atoms with Crippen LogP contribution in [-0.2, 0) is 9.53 Å². The first kappa shape index (κ1) is 15.4. The molecule has 0 rings (SSSR count). The number of esters is 1. The summed E-state index contributed by atoms with van der Waals surface area (Å²) in [4.78, 5) is 13.6. The Bertz CT molecular complexity index is 205. The molecule has 2 N–H and O–H groups in total. The lowest BCUT2D eigenvalue weighted by Crippen LogP contribution is -2.45. The highest BCUT2D eigenvalue weighted by Gasteiger charge is 2.28. The molecule has 0 aliphatic carbocycles. The Kier molecular flexibility index (Phi) is 7.34. The van der Waals surface area contributed by atoms with Crippen molar-refractivity contribution < 1.29 is 9.53 Å². The Morgan fingerprint density at radius 2 is 2.00 bits per heavy atom. The molecule has 0 heterocycles. The number of carbonyl (C=O) groups is 1. The smallest absolute Gasteiger partial charge is 0.325 e. The minimum atomic E-state index is -0.835. The van der Waals surface area contributed by atoms with E-state index in [2.05, 4.69) is 23.6 Å². The van der Waals surface area contributed by atoms with E-state index in [0.717, 1.165) is 25.9 Å². The maximum absolute atomic E-state index is 11.3. The molecule has 4 heteroatoms. The van der Waals surface area contributed by atoms with Crippen molar-refractivity contribution in [3.63, 3.8) is 0 Å². The van der Waals surface area contributed by atoms with Crippen molar-refractivity contribution in [1.82, 2.24) is 4.90 Å². The number of ether oxygens (including phenoxy) is 1. The summed E-state index contributed by atoms with van der Waals surface area (Å²) in [6.45, 7) is 6.08. The molecule has 0 aromatic heterocycles. The number of hydrogen-bond donors (Lipinski definition) is 1. The van der Waals surface area contributed by atoms with E-state index in [4.69, 9.17) is 5.73 Å². The zero-order chi connectivity index (χ0) is 12.6. The number of unbranched alkanes of at least 4 members (excludes halogenated alkanes) is 1. The van der Waals surface area contributed by atoms with Gasteiger partial charge < -0.3 is 15.4 Å². The summed E-state index contributed by atoms with van der Waals surface area (Å²) >= 11 is 0. The Labute approximate surface area is 99.1 Å². The molecule has 1 atom stereocenters. The molecule has 0 amide bonds. The fourth-order valence-corrected chi connectivity index (χ4v) is 1.70. The Balaban J connectivity index is 3.69. The average Bonchev–Trinajstić information content (AvgIpc) is 2.23. The molecular weight excluding hydrogens is 204 g/mol. The summed E-state index contributed by atoms with van der Waals surface area (Å²) < 4.78 is 4.66.